The van der Waals surface area contributed by atoms with Crippen molar-refractivity contribution < 1.29 is 24.1 Å². The Bertz CT molecular complexity index is 1430. The minimum Gasteiger partial charge on any atom is -0.507 e. The number of esters is 1. The van der Waals surface area contributed by atoms with Crippen LogP contribution < -0.4 is 14.8 Å². The summed E-state index contributed by atoms with van der Waals surface area (Å²) in [6.07, 6.45) is 2.83. The standard InChI is InChI=1S/C33H38Cl2N2O5/c1-20-13-28(33(39)42-20)36-16-24-14-27(34)31(15-29(24)38)41-19-23-8-4-9-25(21(23)2)26-10-5-11-30(32(26)35)40-18-22-7-6-12-37(3)17-22/h4-5,8-11,14-15,20,22,28,36,38H,6-7,12-13,16-19H2,1-3H3. The first-order valence-corrected chi connectivity index (χ1v) is 15.2. The molecule has 2 saturated heterocycles. The Balaban J connectivity index is 1.25. The molecule has 0 saturated carbocycles. The maximum atomic E-state index is 11.9. The lowest BCUT2D eigenvalue weighted by molar-refractivity contribution is -0.142. The highest BCUT2D eigenvalue weighted by atomic mass is 35.5. The van der Waals surface area contributed by atoms with Crippen LogP contribution in [0.15, 0.2) is 48.5 Å². The minimum atomic E-state index is -0.399. The van der Waals surface area contributed by atoms with Crippen molar-refractivity contribution in [2.24, 2.45) is 5.92 Å². The van der Waals surface area contributed by atoms with E-state index >= 15 is 0 Å². The van der Waals surface area contributed by atoms with E-state index in [1.54, 1.807) is 6.07 Å². The van der Waals surface area contributed by atoms with Gasteiger partial charge in [-0.1, -0.05) is 53.5 Å². The summed E-state index contributed by atoms with van der Waals surface area (Å²) in [5.41, 5.74) is 4.48. The third-order valence-corrected chi connectivity index (χ3v) is 8.81. The van der Waals surface area contributed by atoms with Gasteiger partial charge in [-0.2, -0.15) is 0 Å². The number of aromatic hydroxyl groups is 1. The summed E-state index contributed by atoms with van der Waals surface area (Å²) >= 11 is 13.4. The van der Waals surface area contributed by atoms with Gasteiger partial charge in [0.05, 0.1) is 16.7 Å². The predicted octanol–water partition coefficient (Wildman–Crippen LogP) is 6.77. The number of halogens is 2. The lowest BCUT2D eigenvalue weighted by Crippen LogP contribution is -2.34. The number of ether oxygens (including phenoxy) is 3. The van der Waals surface area contributed by atoms with Crippen LogP contribution in [0.5, 0.6) is 17.2 Å². The number of nitrogens with one attached hydrogen (secondary N) is 1. The molecule has 3 aromatic rings. The zero-order valence-electron chi connectivity index (χ0n) is 24.3. The molecule has 42 heavy (non-hydrogen) atoms. The van der Waals surface area contributed by atoms with E-state index in [1.807, 2.05) is 50.2 Å². The van der Waals surface area contributed by atoms with E-state index in [9.17, 15) is 9.90 Å². The van der Waals surface area contributed by atoms with Crippen LogP contribution in [-0.2, 0) is 22.7 Å². The quantitative estimate of drug-likeness (QED) is 0.245. The first kappa shape index (κ1) is 30.5. The van der Waals surface area contributed by atoms with Crippen molar-refractivity contribution >= 4 is 29.2 Å². The van der Waals surface area contributed by atoms with Crippen molar-refractivity contribution in [1.29, 1.82) is 0 Å². The van der Waals surface area contributed by atoms with Crippen molar-refractivity contribution in [1.82, 2.24) is 10.2 Å². The number of carbonyl (C=O) groups is 1. The second kappa shape index (κ2) is 13.6. The van der Waals surface area contributed by atoms with E-state index in [0.717, 1.165) is 35.3 Å². The smallest absolute Gasteiger partial charge is 0.323 e. The van der Waals surface area contributed by atoms with Gasteiger partial charge in [0.25, 0.3) is 0 Å². The zero-order valence-corrected chi connectivity index (χ0v) is 25.8. The molecule has 2 aliphatic heterocycles. The van der Waals surface area contributed by atoms with Gasteiger partial charge in [0, 0.05) is 42.6 Å². The fraction of sp³-hybridized carbons (Fsp3) is 0.424. The predicted molar refractivity (Wildman–Crippen MR) is 166 cm³/mol. The third-order valence-electron chi connectivity index (χ3n) is 8.12. The minimum absolute atomic E-state index is 0.0373. The molecule has 3 unspecified atom stereocenters. The Labute approximate surface area is 257 Å². The number of hydrogen-bond acceptors (Lipinski definition) is 7. The summed E-state index contributed by atoms with van der Waals surface area (Å²) in [5, 5.41) is 14.7. The molecule has 9 heteroatoms. The molecule has 7 nitrogen and oxygen atoms in total. The van der Waals surface area contributed by atoms with Crippen molar-refractivity contribution in [2.45, 2.75) is 58.4 Å². The summed E-state index contributed by atoms with van der Waals surface area (Å²) in [4.78, 5) is 14.3. The summed E-state index contributed by atoms with van der Waals surface area (Å²) < 4.78 is 17.4. The maximum absolute atomic E-state index is 11.9. The average Bonchev–Trinajstić information content (AvgIpc) is 3.29. The number of nitrogens with zero attached hydrogens (tertiary/aromatic N) is 1. The first-order valence-electron chi connectivity index (χ1n) is 14.5. The van der Waals surface area contributed by atoms with E-state index in [1.165, 1.54) is 18.9 Å². The van der Waals surface area contributed by atoms with Crippen molar-refractivity contribution in [3.05, 3.63) is 75.3 Å². The molecular weight excluding hydrogens is 575 g/mol. The monoisotopic (exact) mass is 612 g/mol. The highest BCUT2D eigenvalue weighted by Gasteiger charge is 2.31. The molecule has 3 atom stereocenters. The number of phenols is 1. The molecule has 0 radical (unpaired) electrons. The third kappa shape index (κ3) is 7.14. The van der Waals surface area contributed by atoms with E-state index in [-0.39, 0.29) is 31.0 Å². The number of benzene rings is 3. The fourth-order valence-corrected chi connectivity index (χ4v) is 6.25. The first-order chi connectivity index (χ1) is 20.2. The van der Waals surface area contributed by atoms with E-state index in [0.29, 0.717) is 46.1 Å². The summed E-state index contributed by atoms with van der Waals surface area (Å²) in [5.74, 6) is 1.32. The van der Waals surface area contributed by atoms with Gasteiger partial charge in [-0.15, -0.1) is 0 Å². The van der Waals surface area contributed by atoms with Gasteiger partial charge in [-0.25, -0.2) is 0 Å². The van der Waals surface area contributed by atoms with Gasteiger partial charge >= 0.3 is 5.97 Å². The highest BCUT2D eigenvalue weighted by molar-refractivity contribution is 6.35. The van der Waals surface area contributed by atoms with Gasteiger partial charge in [-0.3, -0.25) is 4.79 Å². The van der Waals surface area contributed by atoms with Crippen LogP contribution in [0.3, 0.4) is 0 Å². The van der Waals surface area contributed by atoms with Crippen LogP contribution in [0.25, 0.3) is 11.1 Å². The second-order valence-electron chi connectivity index (χ2n) is 11.4. The molecule has 2 N–H and O–H groups in total. The van der Waals surface area contributed by atoms with Crippen molar-refractivity contribution in [2.75, 3.05) is 26.7 Å². The molecule has 5 rings (SSSR count). The Morgan fingerprint density at radius 3 is 2.62 bits per heavy atom. The number of piperidine rings is 1. The summed E-state index contributed by atoms with van der Waals surface area (Å²) in [6.45, 7) is 7.26. The summed E-state index contributed by atoms with van der Waals surface area (Å²) in [7, 11) is 2.15. The maximum Gasteiger partial charge on any atom is 0.323 e. The molecule has 2 aliphatic rings. The molecule has 0 amide bonds. The number of rotatable bonds is 10. The molecule has 0 aliphatic carbocycles. The molecule has 224 valence electrons. The normalized spacial score (nSPS) is 20.9. The van der Waals surface area contributed by atoms with Crippen molar-refractivity contribution in [3.63, 3.8) is 0 Å². The van der Waals surface area contributed by atoms with Gasteiger partial charge in [-0.05, 0) is 69.1 Å². The molecule has 2 fully saturated rings. The number of hydrogen-bond donors (Lipinski definition) is 2. The number of carbonyl (C=O) groups excluding carboxylic acids is 1. The molecular formula is C33H38Cl2N2O5. The number of cyclic esters (lactones) is 1. The van der Waals surface area contributed by atoms with Crippen LogP contribution >= 0.6 is 23.2 Å². The molecule has 2 heterocycles. The SMILES string of the molecule is Cc1c(COc2cc(O)c(CNC3CC(C)OC3=O)cc2Cl)cccc1-c1cccc(OCC2CCCN(C)C2)c1Cl. The van der Waals surface area contributed by atoms with Gasteiger partial charge in [0.1, 0.15) is 36.0 Å². The van der Waals surface area contributed by atoms with Crippen molar-refractivity contribution in [3.8, 4) is 28.4 Å². The van der Waals surface area contributed by atoms with Crippen LogP contribution in [0, 0.1) is 12.8 Å². The molecule has 0 aromatic heterocycles. The lowest BCUT2D eigenvalue weighted by Gasteiger charge is -2.29. The largest absolute Gasteiger partial charge is 0.507 e. The van der Waals surface area contributed by atoms with Crippen LogP contribution in [0.1, 0.15) is 42.9 Å². The van der Waals surface area contributed by atoms with Crippen LogP contribution in [0.4, 0.5) is 0 Å². The van der Waals surface area contributed by atoms with Gasteiger partial charge < -0.3 is 29.5 Å². The second-order valence-corrected chi connectivity index (χ2v) is 12.2. The van der Waals surface area contributed by atoms with E-state index in [4.69, 9.17) is 37.4 Å². The summed E-state index contributed by atoms with van der Waals surface area (Å²) in [6, 6.07) is 14.7. The number of phenolic OH excluding ortho intramolecular Hbond substituents is 1. The van der Waals surface area contributed by atoms with Gasteiger partial charge in [0.15, 0.2) is 0 Å². The van der Waals surface area contributed by atoms with Crippen LogP contribution in [-0.4, -0.2) is 54.9 Å². The Hall–Kier alpha value is -2.97. The molecule has 0 spiro atoms. The van der Waals surface area contributed by atoms with E-state index in [2.05, 4.69) is 17.3 Å². The zero-order chi connectivity index (χ0) is 29.8. The van der Waals surface area contributed by atoms with E-state index < -0.39 is 6.04 Å². The average molecular weight is 614 g/mol. The Morgan fingerprint density at radius 1 is 1.07 bits per heavy atom. The van der Waals surface area contributed by atoms with Gasteiger partial charge in [0.2, 0.25) is 0 Å². The number of likely N-dealkylation sites (tertiary alicyclic amines) is 1. The lowest BCUT2D eigenvalue weighted by atomic mass is 9.96. The van der Waals surface area contributed by atoms with Crippen LogP contribution in [0.2, 0.25) is 10.0 Å². The molecule has 0 bridgehead atoms. The highest BCUT2D eigenvalue weighted by Crippen LogP contribution is 2.38. The topological polar surface area (TPSA) is 80.3 Å². The molecule has 3 aromatic carbocycles. The Kier molecular flexibility index (Phi) is 9.84. The fourth-order valence-electron chi connectivity index (χ4n) is 5.73. The Morgan fingerprint density at radius 2 is 1.86 bits per heavy atom.